The van der Waals surface area contributed by atoms with E-state index in [-0.39, 0.29) is 6.92 Å². The molecule has 0 aliphatic carbocycles. The van der Waals surface area contributed by atoms with Crippen LogP contribution in [0.25, 0.3) is 0 Å². The number of ether oxygens (including phenoxy) is 1. The summed E-state index contributed by atoms with van der Waals surface area (Å²) in [6, 6.07) is 0. The number of alkyl halides is 10. The molecule has 19 heavy (non-hydrogen) atoms. The average molecular weight is 310 g/mol. The predicted octanol–water partition coefficient (Wildman–Crippen LogP) is 3.31. The highest BCUT2D eigenvalue weighted by Crippen LogP contribution is 2.53. The number of carbonyl (C=O) groups is 1. The molecule has 0 saturated heterocycles. The smallest absolute Gasteiger partial charge is 0.394 e. The van der Waals surface area contributed by atoms with Gasteiger partial charge in [-0.05, 0) is 6.92 Å². The van der Waals surface area contributed by atoms with Gasteiger partial charge in [-0.25, -0.2) is 9.18 Å². The minimum absolute atomic E-state index is 0.221. The van der Waals surface area contributed by atoms with Crippen LogP contribution in [0.3, 0.4) is 0 Å². The summed E-state index contributed by atoms with van der Waals surface area (Å²) in [7, 11) is 0. The van der Waals surface area contributed by atoms with Gasteiger partial charge in [0.25, 0.3) is 0 Å². The van der Waals surface area contributed by atoms with E-state index in [1.54, 1.807) is 0 Å². The van der Waals surface area contributed by atoms with Crippen LogP contribution >= 0.6 is 0 Å². The van der Waals surface area contributed by atoms with Gasteiger partial charge in [0.1, 0.15) is 0 Å². The van der Waals surface area contributed by atoms with Crippen molar-refractivity contribution in [2.75, 3.05) is 0 Å². The van der Waals surface area contributed by atoms with Crippen molar-refractivity contribution < 1.29 is 53.4 Å². The number of hydrogen-bond donors (Lipinski definition) is 0. The molecular weight excluding hydrogens is 306 g/mol. The molecule has 0 N–H and O–H groups in total. The fourth-order valence-corrected chi connectivity index (χ4v) is 0.632. The summed E-state index contributed by atoms with van der Waals surface area (Å²) in [5, 5.41) is 0. The first kappa shape index (κ1) is 17.8. The van der Waals surface area contributed by atoms with Crippen molar-refractivity contribution in [1.82, 2.24) is 0 Å². The lowest BCUT2D eigenvalue weighted by Crippen LogP contribution is -2.62. The summed E-state index contributed by atoms with van der Waals surface area (Å²) >= 11 is 0. The van der Waals surface area contributed by atoms with Gasteiger partial charge in [-0.2, -0.15) is 39.5 Å². The van der Waals surface area contributed by atoms with E-state index in [1.807, 2.05) is 0 Å². The fraction of sp³-hybridized carbons (Fsp3) is 0.857. The van der Waals surface area contributed by atoms with Crippen molar-refractivity contribution in [1.29, 1.82) is 0 Å². The number of esters is 1. The molecule has 0 heterocycles. The molecule has 0 amide bonds. The van der Waals surface area contributed by atoms with Crippen LogP contribution in [0.2, 0.25) is 0 Å². The van der Waals surface area contributed by atoms with E-state index < -0.39 is 36.3 Å². The van der Waals surface area contributed by atoms with Crippen LogP contribution in [0.1, 0.15) is 6.92 Å². The van der Waals surface area contributed by atoms with E-state index in [0.29, 0.717) is 0 Å². The minimum Gasteiger partial charge on any atom is -0.394 e. The summed E-state index contributed by atoms with van der Waals surface area (Å²) < 4.78 is 124. The number of hydrogen-bond acceptors (Lipinski definition) is 2. The van der Waals surface area contributed by atoms with E-state index in [1.165, 1.54) is 0 Å². The predicted molar refractivity (Wildman–Crippen MR) is 37.6 cm³/mol. The molecule has 0 aliphatic heterocycles. The van der Waals surface area contributed by atoms with Gasteiger partial charge in [-0.1, -0.05) is 0 Å². The largest absolute Gasteiger partial charge is 0.473 e. The van der Waals surface area contributed by atoms with Gasteiger partial charge < -0.3 is 4.74 Å². The highest BCUT2D eigenvalue weighted by Gasteiger charge is 2.84. The first-order valence-electron chi connectivity index (χ1n) is 4.15. The highest BCUT2D eigenvalue weighted by atomic mass is 19.4. The summed E-state index contributed by atoms with van der Waals surface area (Å²) in [5.41, 5.74) is 0. The molecule has 0 aromatic rings. The Morgan fingerprint density at radius 1 is 0.895 bits per heavy atom. The standard InChI is InChI=1S/C7H4F10O2/c1-2(8)3(18)19-7(16,17)5(11,12)4(9,10)6(13,14)15/h2H,1H3. The Bertz CT molecular complexity index is 344. The van der Waals surface area contributed by atoms with Crippen LogP contribution in [-0.4, -0.2) is 36.3 Å². The maximum atomic E-state index is 12.5. The van der Waals surface area contributed by atoms with E-state index in [4.69, 9.17) is 0 Å². The molecule has 0 aromatic carbocycles. The van der Waals surface area contributed by atoms with Crippen molar-refractivity contribution in [3.05, 3.63) is 0 Å². The SMILES string of the molecule is CC(F)C(=O)OC(F)(F)C(F)(F)C(F)(F)C(F)(F)F. The zero-order chi connectivity index (χ0) is 15.9. The van der Waals surface area contributed by atoms with E-state index in [9.17, 15) is 48.7 Å². The molecule has 0 fully saturated rings. The molecule has 0 bridgehead atoms. The van der Waals surface area contributed by atoms with Crippen molar-refractivity contribution in [2.45, 2.75) is 37.2 Å². The molecule has 2 nitrogen and oxygen atoms in total. The average Bonchev–Trinajstić information content (AvgIpc) is 2.14. The van der Waals surface area contributed by atoms with Gasteiger partial charge in [0.15, 0.2) is 6.17 Å². The molecule has 0 saturated carbocycles. The van der Waals surface area contributed by atoms with E-state index in [0.717, 1.165) is 0 Å². The molecule has 0 spiro atoms. The van der Waals surface area contributed by atoms with Gasteiger partial charge in [0, 0.05) is 0 Å². The third-order valence-corrected chi connectivity index (χ3v) is 1.67. The summed E-state index contributed by atoms with van der Waals surface area (Å²) in [6.45, 7) is 0.221. The van der Waals surface area contributed by atoms with Gasteiger partial charge in [0.05, 0.1) is 0 Å². The van der Waals surface area contributed by atoms with Crippen molar-refractivity contribution in [3.8, 4) is 0 Å². The lowest BCUT2D eigenvalue weighted by molar-refractivity contribution is -0.435. The highest BCUT2D eigenvalue weighted by molar-refractivity contribution is 5.74. The second kappa shape index (κ2) is 4.71. The topological polar surface area (TPSA) is 26.3 Å². The summed E-state index contributed by atoms with van der Waals surface area (Å²) in [6.07, 6.45) is -16.5. The number of carbonyl (C=O) groups excluding carboxylic acids is 1. The molecule has 114 valence electrons. The monoisotopic (exact) mass is 310 g/mol. The lowest BCUT2D eigenvalue weighted by Gasteiger charge is -2.32. The first-order chi connectivity index (χ1) is 8.08. The van der Waals surface area contributed by atoms with Crippen molar-refractivity contribution >= 4 is 5.97 Å². The third-order valence-electron chi connectivity index (χ3n) is 1.67. The van der Waals surface area contributed by atoms with Crippen LogP contribution < -0.4 is 0 Å². The molecular formula is C7H4F10O2. The first-order valence-corrected chi connectivity index (χ1v) is 4.15. The molecule has 1 unspecified atom stereocenters. The van der Waals surface area contributed by atoms with Crippen molar-refractivity contribution in [3.63, 3.8) is 0 Å². The normalized spacial score (nSPS) is 16.2. The van der Waals surface area contributed by atoms with Crippen LogP contribution in [0.5, 0.6) is 0 Å². The second-order valence-corrected chi connectivity index (χ2v) is 3.20. The van der Waals surface area contributed by atoms with E-state index >= 15 is 0 Å². The molecule has 1 atom stereocenters. The second-order valence-electron chi connectivity index (χ2n) is 3.20. The Morgan fingerprint density at radius 3 is 1.53 bits per heavy atom. The zero-order valence-electron chi connectivity index (χ0n) is 8.67. The Kier molecular flexibility index (Phi) is 4.40. The maximum Gasteiger partial charge on any atom is 0.473 e. The Balaban J connectivity index is 5.46. The summed E-state index contributed by atoms with van der Waals surface area (Å²) in [4.78, 5) is 10.2. The lowest BCUT2D eigenvalue weighted by atomic mass is 10.1. The zero-order valence-corrected chi connectivity index (χ0v) is 8.67. The Labute approximate surface area is 97.9 Å². The van der Waals surface area contributed by atoms with Crippen LogP contribution in [0, 0.1) is 0 Å². The molecule has 0 radical (unpaired) electrons. The third kappa shape index (κ3) is 3.03. The van der Waals surface area contributed by atoms with Gasteiger partial charge in [-0.3, -0.25) is 0 Å². The van der Waals surface area contributed by atoms with Gasteiger partial charge in [-0.15, -0.1) is 0 Å². The van der Waals surface area contributed by atoms with Crippen molar-refractivity contribution in [2.24, 2.45) is 0 Å². The fourth-order valence-electron chi connectivity index (χ4n) is 0.632. The number of rotatable bonds is 4. The Morgan fingerprint density at radius 2 is 1.26 bits per heavy atom. The van der Waals surface area contributed by atoms with Crippen LogP contribution in [-0.2, 0) is 9.53 Å². The van der Waals surface area contributed by atoms with Gasteiger partial charge >= 0.3 is 30.1 Å². The minimum atomic E-state index is -7.19. The number of halogens is 10. The summed E-state index contributed by atoms with van der Waals surface area (Å²) in [5.74, 6) is -17.0. The van der Waals surface area contributed by atoms with Gasteiger partial charge in [0.2, 0.25) is 0 Å². The molecule has 12 heteroatoms. The Hall–Kier alpha value is -1.23. The van der Waals surface area contributed by atoms with Crippen LogP contribution in [0.4, 0.5) is 43.9 Å². The molecule has 0 aliphatic rings. The van der Waals surface area contributed by atoms with E-state index in [2.05, 4.69) is 4.74 Å². The molecule has 0 rings (SSSR count). The molecule has 0 aromatic heterocycles. The quantitative estimate of drug-likeness (QED) is 0.588. The van der Waals surface area contributed by atoms with Crippen LogP contribution in [0.15, 0.2) is 0 Å². The maximum absolute atomic E-state index is 12.5.